The molecule has 1 aromatic carbocycles. The number of halogens is 1. The Balaban J connectivity index is 2.26. The largest absolute Gasteiger partial charge is 0.335 e. The molecule has 0 aliphatic carbocycles. The average Bonchev–Trinajstić information content (AvgIpc) is 2.89. The van der Waals surface area contributed by atoms with E-state index in [-0.39, 0.29) is 6.04 Å². The van der Waals surface area contributed by atoms with Crippen LogP contribution in [0.3, 0.4) is 0 Å². The van der Waals surface area contributed by atoms with E-state index >= 15 is 0 Å². The lowest BCUT2D eigenvalue weighted by Gasteiger charge is -2.21. The monoisotopic (exact) mass is 305 g/mol. The summed E-state index contributed by atoms with van der Waals surface area (Å²) < 4.78 is 2.24. The fraction of sp³-hybridized carbons (Fsp3) is 0.471. The standard InChI is InChI=1S/C17H24ClN3/c1-4-9-21-10-8-20-17(21)12-16(19-5-2)15-11-14(18)7-6-13(15)3/h6-8,10-11,16,19H,4-5,9,12H2,1-3H3. The molecule has 1 heterocycles. The minimum absolute atomic E-state index is 0.242. The maximum Gasteiger partial charge on any atom is 0.110 e. The average molecular weight is 306 g/mol. The summed E-state index contributed by atoms with van der Waals surface area (Å²) in [7, 11) is 0. The van der Waals surface area contributed by atoms with Gasteiger partial charge in [0.2, 0.25) is 0 Å². The molecule has 1 N–H and O–H groups in total. The van der Waals surface area contributed by atoms with Gasteiger partial charge in [0.1, 0.15) is 5.82 Å². The van der Waals surface area contributed by atoms with Gasteiger partial charge in [-0.3, -0.25) is 0 Å². The van der Waals surface area contributed by atoms with Crippen LogP contribution < -0.4 is 5.32 Å². The zero-order chi connectivity index (χ0) is 15.2. The van der Waals surface area contributed by atoms with Crippen LogP contribution in [0.25, 0.3) is 0 Å². The normalized spacial score (nSPS) is 12.6. The summed E-state index contributed by atoms with van der Waals surface area (Å²) in [6.45, 7) is 8.39. The van der Waals surface area contributed by atoms with Crippen LogP contribution >= 0.6 is 11.6 Å². The van der Waals surface area contributed by atoms with E-state index in [1.807, 2.05) is 12.3 Å². The van der Waals surface area contributed by atoms with E-state index in [4.69, 9.17) is 11.6 Å². The van der Waals surface area contributed by atoms with Gasteiger partial charge in [-0.2, -0.15) is 0 Å². The van der Waals surface area contributed by atoms with Gasteiger partial charge >= 0.3 is 0 Å². The van der Waals surface area contributed by atoms with E-state index in [1.54, 1.807) is 0 Å². The Morgan fingerprint density at radius 3 is 2.86 bits per heavy atom. The van der Waals surface area contributed by atoms with Gasteiger partial charge < -0.3 is 9.88 Å². The number of rotatable bonds is 7. The maximum atomic E-state index is 6.18. The van der Waals surface area contributed by atoms with Crippen LogP contribution in [0.1, 0.15) is 43.3 Å². The van der Waals surface area contributed by atoms with Crippen molar-refractivity contribution in [2.45, 2.75) is 46.2 Å². The number of imidazole rings is 1. The molecule has 1 aromatic heterocycles. The fourth-order valence-electron chi connectivity index (χ4n) is 2.68. The molecule has 114 valence electrons. The van der Waals surface area contributed by atoms with Crippen molar-refractivity contribution in [1.29, 1.82) is 0 Å². The van der Waals surface area contributed by atoms with Crippen molar-refractivity contribution in [2.24, 2.45) is 0 Å². The molecule has 0 fully saturated rings. The Labute approximate surface area is 132 Å². The summed E-state index contributed by atoms with van der Waals surface area (Å²) >= 11 is 6.18. The topological polar surface area (TPSA) is 29.9 Å². The third kappa shape index (κ3) is 4.08. The van der Waals surface area contributed by atoms with Gasteiger partial charge in [0.25, 0.3) is 0 Å². The van der Waals surface area contributed by atoms with E-state index in [2.05, 4.69) is 54.0 Å². The lowest BCUT2D eigenvalue weighted by molar-refractivity contribution is 0.514. The minimum atomic E-state index is 0.242. The molecule has 1 atom stereocenters. The summed E-state index contributed by atoms with van der Waals surface area (Å²) in [5, 5.41) is 4.35. The maximum absolute atomic E-state index is 6.18. The van der Waals surface area contributed by atoms with Gasteiger partial charge in [-0.25, -0.2) is 4.98 Å². The predicted octanol–water partition coefficient (Wildman–Crippen LogP) is 4.15. The molecule has 0 saturated heterocycles. The second kappa shape index (κ2) is 7.62. The lowest BCUT2D eigenvalue weighted by Crippen LogP contribution is -2.25. The smallest absolute Gasteiger partial charge is 0.110 e. The number of nitrogens with one attached hydrogen (secondary N) is 1. The van der Waals surface area contributed by atoms with Crippen molar-refractivity contribution in [3.05, 3.63) is 52.6 Å². The number of hydrogen-bond acceptors (Lipinski definition) is 2. The Morgan fingerprint density at radius 1 is 1.33 bits per heavy atom. The summed E-state index contributed by atoms with van der Waals surface area (Å²) in [6, 6.07) is 6.34. The van der Waals surface area contributed by atoms with Crippen molar-refractivity contribution in [1.82, 2.24) is 14.9 Å². The van der Waals surface area contributed by atoms with Gasteiger partial charge in [-0.05, 0) is 43.1 Å². The molecule has 0 aliphatic rings. The highest BCUT2D eigenvalue weighted by molar-refractivity contribution is 6.30. The van der Waals surface area contributed by atoms with E-state index in [9.17, 15) is 0 Å². The molecule has 0 spiro atoms. The summed E-state index contributed by atoms with van der Waals surface area (Å²) in [4.78, 5) is 4.52. The van der Waals surface area contributed by atoms with Crippen LogP contribution in [-0.2, 0) is 13.0 Å². The number of aromatic nitrogens is 2. The van der Waals surface area contributed by atoms with E-state index < -0.39 is 0 Å². The molecule has 21 heavy (non-hydrogen) atoms. The van der Waals surface area contributed by atoms with Crippen molar-refractivity contribution >= 4 is 11.6 Å². The van der Waals surface area contributed by atoms with Crippen LogP contribution in [0.15, 0.2) is 30.6 Å². The first-order chi connectivity index (χ1) is 10.2. The first kappa shape index (κ1) is 16.1. The van der Waals surface area contributed by atoms with Crippen LogP contribution in [0.4, 0.5) is 0 Å². The number of aryl methyl sites for hydroxylation is 2. The molecule has 0 aliphatic heterocycles. The van der Waals surface area contributed by atoms with Crippen LogP contribution in [-0.4, -0.2) is 16.1 Å². The van der Waals surface area contributed by atoms with Gasteiger partial charge in [0, 0.05) is 36.4 Å². The molecule has 3 nitrogen and oxygen atoms in total. The fourth-order valence-corrected chi connectivity index (χ4v) is 2.86. The molecule has 4 heteroatoms. The number of nitrogens with zero attached hydrogens (tertiary/aromatic N) is 2. The highest BCUT2D eigenvalue weighted by Gasteiger charge is 2.16. The van der Waals surface area contributed by atoms with Crippen molar-refractivity contribution in [2.75, 3.05) is 6.54 Å². The summed E-state index contributed by atoms with van der Waals surface area (Å²) in [6.07, 6.45) is 5.94. The van der Waals surface area contributed by atoms with Gasteiger partial charge in [-0.1, -0.05) is 31.5 Å². The van der Waals surface area contributed by atoms with Crippen LogP contribution in [0, 0.1) is 6.92 Å². The molecule has 0 radical (unpaired) electrons. The van der Waals surface area contributed by atoms with Gasteiger partial charge in [0.15, 0.2) is 0 Å². The number of benzene rings is 1. The molecule has 2 aromatic rings. The molecule has 0 saturated carbocycles. The van der Waals surface area contributed by atoms with E-state index in [0.29, 0.717) is 0 Å². The van der Waals surface area contributed by atoms with Crippen LogP contribution in [0.5, 0.6) is 0 Å². The Bertz CT molecular complexity index is 577. The molecule has 1 unspecified atom stereocenters. The number of hydrogen-bond donors (Lipinski definition) is 1. The first-order valence-electron chi connectivity index (χ1n) is 7.65. The summed E-state index contributed by atoms with van der Waals surface area (Å²) in [5.41, 5.74) is 2.52. The highest BCUT2D eigenvalue weighted by atomic mass is 35.5. The van der Waals surface area contributed by atoms with Gasteiger partial charge in [-0.15, -0.1) is 0 Å². The minimum Gasteiger partial charge on any atom is -0.335 e. The molecular formula is C17H24ClN3. The zero-order valence-corrected chi connectivity index (χ0v) is 13.8. The van der Waals surface area contributed by atoms with Crippen molar-refractivity contribution < 1.29 is 0 Å². The summed E-state index contributed by atoms with van der Waals surface area (Å²) in [5.74, 6) is 1.13. The highest BCUT2D eigenvalue weighted by Crippen LogP contribution is 2.24. The second-order valence-electron chi connectivity index (χ2n) is 5.35. The first-order valence-corrected chi connectivity index (χ1v) is 8.03. The molecular weight excluding hydrogens is 282 g/mol. The third-order valence-electron chi connectivity index (χ3n) is 3.72. The van der Waals surface area contributed by atoms with Gasteiger partial charge in [0.05, 0.1) is 0 Å². The SMILES string of the molecule is CCCn1ccnc1CC(NCC)c1cc(Cl)ccc1C. The van der Waals surface area contributed by atoms with E-state index in [1.165, 1.54) is 11.1 Å². The van der Waals surface area contributed by atoms with Crippen molar-refractivity contribution in [3.63, 3.8) is 0 Å². The predicted molar refractivity (Wildman–Crippen MR) is 88.8 cm³/mol. The van der Waals surface area contributed by atoms with Crippen LogP contribution in [0.2, 0.25) is 5.02 Å². The Kier molecular flexibility index (Phi) is 5.83. The molecule has 0 amide bonds. The Morgan fingerprint density at radius 2 is 2.14 bits per heavy atom. The second-order valence-corrected chi connectivity index (χ2v) is 5.79. The molecule has 2 rings (SSSR count). The quantitative estimate of drug-likeness (QED) is 0.833. The Hall–Kier alpha value is -1.32. The third-order valence-corrected chi connectivity index (χ3v) is 3.96. The lowest BCUT2D eigenvalue weighted by atomic mass is 9.98. The number of likely N-dealkylation sites (N-methyl/N-ethyl adjacent to an activating group) is 1. The molecule has 0 bridgehead atoms. The zero-order valence-electron chi connectivity index (χ0n) is 13.1. The van der Waals surface area contributed by atoms with E-state index in [0.717, 1.165) is 36.8 Å². The van der Waals surface area contributed by atoms with Crippen molar-refractivity contribution in [3.8, 4) is 0 Å².